The highest BCUT2D eigenvalue weighted by molar-refractivity contribution is 5.87. The van der Waals surface area contributed by atoms with E-state index in [1.165, 1.54) is 22.3 Å². The second kappa shape index (κ2) is 5.43. The van der Waals surface area contributed by atoms with Crippen LogP contribution in [0.25, 0.3) is 0 Å². The van der Waals surface area contributed by atoms with E-state index < -0.39 is 0 Å². The Labute approximate surface area is 113 Å². The van der Waals surface area contributed by atoms with Gasteiger partial charge in [-0.15, -0.1) is 0 Å². The van der Waals surface area contributed by atoms with E-state index in [4.69, 9.17) is 0 Å². The van der Waals surface area contributed by atoms with E-state index in [2.05, 4.69) is 38.2 Å². The molecule has 0 unspecified atom stereocenters. The fourth-order valence-electron chi connectivity index (χ4n) is 2.55. The summed E-state index contributed by atoms with van der Waals surface area (Å²) in [5, 5.41) is 2.62. The molecule has 4 heteroatoms. The highest BCUT2D eigenvalue weighted by Crippen LogP contribution is 2.19. The standard InChI is InChI=1S/C15H20N2O2/c1-10-6-11(2)13(12(3)7-10)9-17-5-4-14(18)16-8-15(17)19/h6-7H,4-5,8-9H2,1-3H3,(H,16,18). The van der Waals surface area contributed by atoms with Gasteiger partial charge in [0.15, 0.2) is 0 Å². The summed E-state index contributed by atoms with van der Waals surface area (Å²) in [4.78, 5) is 25.0. The Morgan fingerprint density at radius 3 is 2.42 bits per heavy atom. The number of nitrogens with zero attached hydrogens (tertiary/aromatic N) is 1. The zero-order chi connectivity index (χ0) is 14.0. The van der Waals surface area contributed by atoms with Gasteiger partial charge in [-0.1, -0.05) is 17.7 Å². The third-order valence-corrected chi connectivity index (χ3v) is 3.59. The van der Waals surface area contributed by atoms with Gasteiger partial charge in [0.05, 0.1) is 6.54 Å². The molecule has 19 heavy (non-hydrogen) atoms. The van der Waals surface area contributed by atoms with E-state index in [0.717, 1.165) is 0 Å². The van der Waals surface area contributed by atoms with E-state index in [9.17, 15) is 9.59 Å². The van der Waals surface area contributed by atoms with Crippen LogP contribution < -0.4 is 5.32 Å². The van der Waals surface area contributed by atoms with Gasteiger partial charge in [-0.05, 0) is 37.5 Å². The molecule has 0 atom stereocenters. The maximum absolute atomic E-state index is 12.0. The second-order valence-electron chi connectivity index (χ2n) is 5.22. The first-order chi connectivity index (χ1) is 8.97. The molecule has 0 radical (unpaired) electrons. The summed E-state index contributed by atoms with van der Waals surface area (Å²) in [6.07, 6.45) is 0.385. The third-order valence-electron chi connectivity index (χ3n) is 3.59. The second-order valence-corrected chi connectivity index (χ2v) is 5.22. The van der Waals surface area contributed by atoms with Crippen molar-refractivity contribution in [3.63, 3.8) is 0 Å². The highest BCUT2D eigenvalue weighted by Gasteiger charge is 2.21. The number of carbonyl (C=O) groups excluding carboxylic acids is 2. The highest BCUT2D eigenvalue weighted by atomic mass is 16.2. The molecular weight excluding hydrogens is 240 g/mol. The molecular formula is C15H20N2O2. The van der Waals surface area contributed by atoms with Crippen LogP contribution in [0.5, 0.6) is 0 Å². The Morgan fingerprint density at radius 1 is 1.16 bits per heavy atom. The summed E-state index contributed by atoms with van der Waals surface area (Å²) in [5.74, 6) is -0.0570. The molecule has 1 heterocycles. The van der Waals surface area contributed by atoms with Gasteiger partial charge >= 0.3 is 0 Å². The Kier molecular flexibility index (Phi) is 3.88. The van der Waals surface area contributed by atoms with Crippen molar-refractivity contribution in [2.24, 2.45) is 0 Å². The van der Waals surface area contributed by atoms with Crippen molar-refractivity contribution in [1.82, 2.24) is 10.2 Å². The van der Waals surface area contributed by atoms with Crippen LogP contribution in [0.4, 0.5) is 0 Å². The van der Waals surface area contributed by atoms with E-state index in [1.807, 2.05) is 0 Å². The fraction of sp³-hybridized carbons (Fsp3) is 0.467. The third kappa shape index (κ3) is 3.13. The van der Waals surface area contributed by atoms with Crippen LogP contribution in [0.3, 0.4) is 0 Å². The zero-order valence-corrected chi connectivity index (χ0v) is 11.7. The number of benzene rings is 1. The van der Waals surface area contributed by atoms with Crippen LogP contribution in [-0.4, -0.2) is 29.8 Å². The maximum Gasteiger partial charge on any atom is 0.242 e. The SMILES string of the molecule is Cc1cc(C)c(CN2CCC(=O)NCC2=O)c(C)c1. The molecule has 0 aromatic heterocycles. The minimum Gasteiger partial charge on any atom is -0.347 e. The Hall–Kier alpha value is -1.84. The van der Waals surface area contributed by atoms with Crippen LogP contribution >= 0.6 is 0 Å². The number of aryl methyl sites for hydroxylation is 3. The Morgan fingerprint density at radius 2 is 1.79 bits per heavy atom. The predicted octanol–water partition coefficient (Wildman–Crippen LogP) is 1.46. The summed E-state index contributed by atoms with van der Waals surface area (Å²) in [7, 11) is 0. The number of amides is 2. The van der Waals surface area contributed by atoms with Crippen molar-refractivity contribution in [3.8, 4) is 0 Å². The first-order valence-electron chi connectivity index (χ1n) is 6.58. The minimum absolute atomic E-state index is 0.00905. The molecule has 0 aliphatic carbocycles. The molecule has 1 fully saturated rings. The average molecular weight is 260 g/mol. The van der Waals surface area contributed by atoms with Gasteiger partial charge in [0, 0.05) is 19.5 Å². The first kappa shape index (κ1) is 13.6. The zero-order valence-electron chi connectivity index (χ0n) is 11.7. The van der Waals surface area contributed by atoms with Crippen LogP contribution in [0.1, 0.15) is 28.7 Å². The molecule has 4 nitrogen and oxygen atoms in total. The predicted molar refractivity (Wildman–Crippen MR) is 73.7 cm³/mol. The van der Waals surface area contributed by atoms with E-state index in [-0.39, 0.29) is 18.4 Å². The lowest BCUT2D eigenvalue weighted by molar-refractivity contribution is -0.130. The van der Waals surface area contributed by atoms with Crippen LogP contribution in [0, 0.1) is 20.8 Å². The van der Waals surface area contributed by atoms with Crippen molar-refractivity contribution in [2.45, 2.75) is 33.7 Å². The van der Waals surface area contributed by atoms with Crippen LogP contribution in [-0.2, 0) is 16.1 Å². The van der Waals surface area contributed by atoms with Crippen molar-refractivity contribution in [2.75, 3.05) is 13.1 Å². The van der Waals surface area contributed by atoms with Gasteiger partial charge < -0.3 is 10.2 Å². The average Bonchev–Trinajstić information content (AvgIpc) is 2.48. The van der Waals surface area contributed by atoms with Crippen LogP contribution in [0.2, 0.25) is 0 Å². The quantitative estimate of drug-likeness (QED) is 0.875. The molecule has 1 N–H and O–H groups in total. The Bertz CT molecular complexity index is 500. The topological polar surface area (TPSA) is 49.4 Å². The van der Waals surface area contributed by atoms with Crippen molar-refractivity contribution in [3.05, 3.63) is 34.4 Å². The van der Waals surface area contributed by atoms with E-state index in [0.29, 0.717) is 19.5 Å². The van der Waals surface area contributed by atoms with E-state index >= 15 is 0 Å². The summed E-state index contributed by atoms with van der Waals surface area (Å²) >= 11 is 0. The number of nitrogens with one attached hydrogen (secondary N) is 1. The lowest BCUT2D eigenvalue weighted by Gasteiger charge is -2.22. The van der Waals surface area contributed by atoms with Crippen molar-refractivity contribution < 1.29 is 9.59 Å². The van der Waals surface area contributed by atoms with Crippen molar-refractivity contribution >= 4 is 11.8 Å². The molecule has 0 saturated carbocycles. The molecule has 0 spiro atoms. The summed E-state index contributed by atoms with van der Waals surface area (Å²) in [6, 6.07) is 4.27. The molecule has 0 bridgehead atoms. The summed E-state index contributed by atoms with van der Waals surface area (Å²) < 4.78 is 0. The molecule has 1 aliphatic rings. The minimum atomic E-state index is -0.0480. The lowest BCUT2D eigenvalue weighted by atomic mass is 9.99. The molecule has 2 rings (SSSR count). The molecule has 102 valence electrons. The molecule has 1 saturated heterocycles. The van der Waals surface area contributed by atoms with Crippen molar-refractivity contribution in [1.29, 1.82) is 0 Å². The number of rotatable bonds is 2. The van der Waals surface area contributed by atoms with Gasteiger partial charge in [-0.25, -0.2) is 0 Å². The normalized spacial score (nSPS) is 16.3. The smallest absolute Gasteiger partial charge is 0.242 e. The number of carbonyl (C=O) groups is 2. The van der Waals surface area contributed by atoms with Crippen LogP contribution in [0.15, 0.2) is 12.1 Å². The summed E-state index contributed by atoms with van der Waals surface area (Å²) in [6.45, 7) is 7.41. The monoisotopic (exact) mass is 260 g/mol. The number of hydrogen-bond acceptors (Lipinski definition) is 2. The van der Waals surface area contributed by atoms with Gasteiger partial charge in [0.25, 0.3) is 0 Å². The maximum atomic E-state index is 12.0. The Balaban J connectivity index is 2.20. The largest absolute Gasteiger partial charge is 0.347 e. The first-order valence-corrected chi connectivity index (χ1v) is 6.58. The van der Waals surface area contributed by atoms with E-state index in [1.54, 1.807) is 4.90 Å². The molecule has 1 aliphatic heterocycles. The molecule has 1 aromatic rings. The van der Waals surface area contributed by atoms with Gasteiger partial charge in [-0.3, -0.25) is 9.59 Å². The number of hydrogen-bond donors (Lipinski definition) is 1. The lowest BCUT2D eigenvalue weighted by Crippen LogP contribution is -2.35. The van der Waals surface area contributed by atoms with Gasteiger partial charge in [-0.2, -0.15) is 0 Å². The van der Waals surface area contributed by atoms with Gasteiger partial charge in [0.1, 0.15) is 0 Å². The van der Waals surface area contributed by atoms with Gasteiger partial charge in [0.2, 0.25) is 11.8 Å². The summed E-state index contributed by atoms with van der Waals surface area (Å²) in [5.41, 5.74) is 4.83. The molecule has 1 aromatic carbocycles. The molecule has 2 amide bonds. The fourth-order valence-corrected chi connectivity index (χ4v) is 2.55.